The highest BCUT2D eigenvalue weighted by molar-refractivity contribution is 7.92. The monoisotopic (exact) mass is 505 g/mol. The smallest absolute Gasteiger partial charge is 0.244 e. The van der Waals surface area contributed by atoms with E-state index in [0.717, 1.165) is 47.4 Å². The van der Waals surface area contributed by atoms with Gasteiger partial charge in [0.05, 0.1) is 11.9 Å². The third-order valence-electron chi connectivity index (χ3n) is 6.17. The van der Waals surface area contributed by atoms with Crippen molar-refractivity contribution >= 4 is 39.1 Å². The summed E-state index contributed by atoms with van der Waals surface area (Å²) in [6, 6.07) is 13.4. The number of carbonyl (C=O) groups excluding carboxylic acids is 2. The second-order valence-electron chi connectivity index (χ2n) is 8.87. The summed E-state index contributed by atoms with van der Waals surface area (Å²) in [6.07, 6.45) is 5.07. The number of nitrogens with one attached hydrogen (secondary N) is 1. The molecule has 2 aromatic carbocycles. The van der Waals surface area contributed by atoms with E-state index in [4.69, 9.17) is 11.6 Å². The van der Waals surface area contributed by atoms with Gasteiger partial charge in [-0.25, -0.2) is 8.42 Å². The molecule has 1 saturated carbocycles. The minimum absolute atomic E-state index is 0.109. The molecule has 2 amide bonds. The van der Waals surface area contributed by atoms with E-state index in [-0.39, 0.29) is 18.5 Å². The molecule has 3 rings (SSSR count). The molecule has 1 aliphatic carbocycles. The van der Waals surface area contributed by atoms with Crippen molar-refractivity contribution in [2.24, 2.45) is 0 Å². The minimum atomic E-state index is -3.75. The van der Waals surface area contributed by atoms with E-state index in [2.05, 4.69) is 5.32 Å². The van der Waals surface area contributed by atoms with Crippen LogP contribution in [0.1, 0.15) is 43.7 Å². The van der Waals surface area contributed by atoms with Crippen molar-refractivity contribution < 1.29 is 18.0 Å². The van der Waals surface area contributed by atoms with Crippen molar-refractivity contribution in [3.63, 3.8) is 0 Å². The molecule has 0 spiro atoms. The van der Waals surface area contributed by atoms with E-state index in [1.807, 2.05) is 12.1 Å². The number of halogens is 1. The predicted molar refractivity (Wildman–Crippen MR) is 135 cm³/mol. The number of anilines is 1. The maximum Gasteiger partial charge on any atom is 0.244 e. The number of nitrogens with zero attached hydrogens (tertiary/aromatic N) is 2. The average molecular weight is 506 g/mol. The van der Waals surface area contributed by atoms with E-state index in [9.17, 15) is 18.0 Å². The Morgan fingerprint density at radius 3 is 2.41 bits per heavy atom. The lowest BCUT2D eigenvalue weighted by Crippen LogP contribution is -2.52. The first-order valence-corrected chi connectivity index (χ1v) is 13.7. The van der Waals surface area contributed by atoms with Crippen LogP contribution in [0.3, 0.4) is 0 Å². The summed E-state index contributed by atoms with van der Waals surface area (Å²) in [5.74, 6) is -0.716. The number of hydrogen-bond acceptors (Lipinski definition) is 4. The van der Waals surface area contributed by atoms with Gasteiger partial charge in [-0.3, -0.25) is 13.9 Å². The first kappa shape index (κ1) is 26.0. The highest BCUT2D eigenvalue weighted by atomic mass is 35.5. The molecule has 184 valence electrons. The van der Waals surface area contributed by atoms with Gasteiger partial charge in [-0.05, 0) is 56.0 Å². The molecule has 1 N–H and O–H groups in total. The molecule has 0 unspecified atom stereocenters. The molecule has 7 nitrogen and oxygen atoms in total. The number of benzene rings is 2. The predicted octanol–water partition coefficient (Wildman–Crippen LogP) is 3.89. The number of amides is 2. The van der Waals surface area contributed by atoms with E-state index in [1.54, 1.807) is 50.2 Å². The molecule has 34 heavy (non-hydrogen) atoms. The van der Waals surface area contributed by atoms with Gasteiger partial charge in [0, 0.05) is 17.6 Å². The summed E-state index contributed by atoms with van der Waals surface area (Å²) in [5.41, 5.74) is 1.92. The summed E-state index contributed by atoms with van der Waals surface area (Å²) in [4.78, 5) is 28.0. The van der Waals surface area contributed by atoms with Crippen molar-refractivity contribution in [2.45, 2.75) is 58.2 Å². The molecular formula is C25H32ClN3O4S. The number of hydrogen-bond donors (Lipinski definition) is 1. The van der Waals surface area contributed by atoms with Crippen LogP contribution in [0, 0.1) is 6.92 Å². The van der Waals surface area contributed by atoms with Crippen LogP contribution in [0.2, 0.25) is 5.02 Å². The first-order chi connectivity index (χ1) is 16.1. The zero-order valence-electron chi connectivity index (χ0n) is 19.8. The lowest BCUT2D eigenvalue weighted by molar-refractivity contribution is -0.139. The van der Waals surface area contributed by atoms with Gasteiger partial charge < -0.3 is 10.2 Å². The Morgan fingerprint density at radius 2 is 1.79 bits per heavy atom. The summed E-state index contributed by atoms with van der Waals surface area (Å²) in [6.45, 7) is 3.18. The Hall–Kier alpha value is -2.58. The molecule has 0 radical (unpaired) electrons. The van der Waals surface area contributed by atoms with E-state index < -0.39 is 28.5 Å². The second kappa shape index (κ2) is 11.2. The third-order valence-corrected chi connectivity index (χ3v) is 7.54. The van der Waals surface area contributed by atoms with Crippen molar-refractivity contribution in [3.8, 4) is 0 Å². The zero-order chi connectivity index (χ0) is 24.9. The number of rotatable bonds is 9. The van der Waals surface area contributed by atoms with Crippen molar-refractivity contribution in [3.05, 3.63) is 64.7 Å². The number of aryl methyl sites for hydroxylation is 1. The minimum Gasteiger partial charge on any atom is -0.352 e. The van der Waals surface area contributed by atoms with Crippen molar-refractivity contribution in [1.82, 2.24) is 10.2 Å². The lowest BCUT2D eigenvalue weighted by atomic mass is 10.1. The fourth-order valence-electron chi connectivity index (χ4n) is 4.24. The summed E-state index contributed by atoms with van der Waals surface area (Å²) < 4.78 is 26.4. The standard InChI is InChI=1S/C25H32ClN3O4S/c1-18-9-4-7-14-23(18)29(34(3,32)33)17-24(30)28(16-20-10-8-11-21(26)15-20)19(2)25(31)27-22-12-5-6-13-22/h4,7-11,14-15,19,22H,5-6,12-13,16-17H2,1-3H3,(H,27,31)/t19-/m1/s1. The average Bonchev–Trinajstić information content (AvgIpc) is 3.28. The van der Waals surface area contributed by atoms with E-state index >= 15 is 0 Å². The molecule has 0 saturated heterocycles. The Labute approximate surface area is 207 Å². The first-order valence-electron chi connectivity index (χ1n) is 11.4. The molecule has 0 bridgehead atoms. The van der Waals surface area contributed by atoms with Gasteiger partial charge in [0.1, 0.15) is 12.6 Å². The Kier molecular flexibility index (Phi) is 8.60. The summed E-state index contributed by atoms with van der Waals surface area (Å²) in [7, 11) is -3.75. The van der Waals surface area contributed by atoms with Crippen molar-refractivity contribution in [1.29, 1.82) is 0 Å². The van der Waals surface area contributed by atoms with Gasteiger partial charge in [-0.2, -0.15) is 0 Å². The SMILES string of the molecule is Cc1ccccc1N(CC(=O)N(Cc1cccc(Cl)c1)[C@H](C)C(=O)NC1CCCC1)S(C)(=O)=O. The van der Waals surface area contributed by atoms with Crippen LogP contribution in [-0.2, 0) is 26.2 Å². The maximum atomic E-state index is 13.6. The van der Waals surface area contributed by atoms with E-state index in [0.29, 0.717) is 10.7 Å². The van der Waals surface area contributed by atoms with Crippen LogP contribution in [0.25, 0.3) is 0 Å². The lowest BCUT2D eigenvalue weighted by Gasteiger charge is -2.32. The van der Waals surface area contributed by atoms with Gasteiger partial charge in [0.25, 0.3) is 0 Å². The maximum absolute atomic E-state index is 13.6. The van der Waals surface area contributed by atoms with Crippen LogP contribution in [0.5, 0.6) is 0 Å². The fourth-order valence-corrected chi connectivity index (χ4v) is 5.36. The molecule has 1 fully saturated rings. The van der Waals surface area contributed by atoms with Gasteiger partial charge in [0.2, 0.25) is 21.8 Å². The topological polar surface area (TPSA) is 86.8 Å². The quantitative estimate of drug-likeness (QED) is 0.560. The van der Waals surface area contributed by atoms with Crippen LogP contribution < -0.4 is 9.62 Å². The molecule has 0 heterocycles. The zero-order valence-corrected chi connectivity index (χ0v) is 21.4. The largest absolute Gasteiger partial charge is 0.352 e. The van der Waals surface area contributed by atoms with E-state index in [1.165, 1.54) is 4.90 Å². The van der Waals surface area contributed by atoms with Crippen LogP contribution in [0.15, 0.2) is 48.5 Å². The molecule has 9 heteroatoms. The summed E-state index contributed by atoms with van der Waals surface area (Å²) >= 11 is 6.13. The Morgan fingerprint density at radius 1 is 1.12 bits per heavy atom. The molecule has 2 aromatic rings. The van der Waals surface area contributed by atoms with Crippen LogP contribution in [0.4, 0.5) is 5.69 Å². The second-order valence-corrected chi connectivity index (χ2v) is 11.2. The Bertz CT molecular complexity index is 1130. The fraction of sp³-hybridized carbons (Fsp3) is 0.440. The molecule has 1 aliphatic rings. The summed E-state index contributed by atoms with van der Waals surface area (Å²) in [5, 5.41) is 3.56. The molecule has 0 aliphatic heterocycles. The number of para-hydroxylation sites is 1. The van der Waals surface area contributed by atoms with Gasteiger partial charge in [-0.15, -0.1) is 0 Å². The number of sulfonamides is 1. The van der Waals surface area contributed by atoms with Gasteiger partial charge in [0.15, 0.2) is 0 Å². The molecule has 1 atom stereocenters. The van der Waals surface area contributed by atoms with Crippen molar-refractivity contribution in [2.75, 3.05) is 17.1 Å². The van der Waals surface area contributed by atoms with Gasteiger partial charge >= 0.3 is 0 Å². The molecule has 0 aromatic heterocycles. The highest BCUT2D eigenvalue weighted by Gasteiger charge is 2.31. The highest BCUT2D eigenvalue weighted by Crippen LogP contribution is 2.23. The van der Waals surface area contributed by atoms with Crippen LogP contribution >= 0.6 is 11.6 Å². The third kappa shape index (κ3) is 6.73. The normalized spacial score (nSPS) is 15.1. The van der Waals surface area contributed by atoms with Crippen LogP contribution in [-0.4, -0.2) is 50.0 Å². The van der Waals surface area contributed by atoms with Gasteiger partial charge in [-0.1, -0.05) is 54.8 Å². The number of carbonyl (C=O) groups is 2. The molecular weight excluding hydrogens is 474 g/mol. The Balaban J connectivity index is 1.89.